The molecule has 1 atom stereocenters. The van der Waals surface area contributed by atoms with Gasteiger partial charge in [-0.15, -0.1) is 0 Å². The number of benzene rings is 2. The minimum Gasteiger partial charge on any atom is -0.496 e. The van der Waals surface area contributed by atoms with Gasteiger partial charge >= 0.3 is 6.18 Å². The van der Waals surface area contributed by atoms with Crippen LogP contribution in [0.3, 0.4) is 0 Å². The summed E-state index contributed by atoms with van der Waals surface area (Å²) in [6, 6.07) is 5.91. The molecule has 2 aromatic carbocycles. The van der Waals surface area contributed by atoms with Gasteiger partial charge in [-0.1, -0.05) is 20.8 Å². The Hall–Kier alpha value is -2.75. The molecule has 0 bridgehead atoms. The highest BCUT2D eigenvalue weighted by Crippen LogP contribution is 2.45. The van der Waals surface area contributed by atoms with E-state index in [-0.39, 0.29) is 17.6 Å². The van der Waals surface area contributed by atoms with E-state index < -0.39 is 27.5 Å². The van der Waals surface area contributed by atoms with Gasteiger partial charge in [0.2, 0.25) is 10.0 Å². The Morgan fingerprint density at radius 3 is 2.26 bits per heavy atom. The van der Waals surface area contributed by atoms with E-state index in [0.29, 0.717) is 34.7 Å². The zero-order chi connectivity index (χ0) is 26.3. The molecule has 0 aromatic heterocycles. The summed E-state index contributed by atoms with van der Waals surface area (Å²) >= 11 is 0. The summed E-state index contributed by atoms with van der Waals surface area (Å²) in [5.41, 5.74) is 2.36. The van der Waals surface area contributed by atoms with Crippen molar-refractivity contribution in [2.75, 3.05) is 31.3 Å². The number of Topliss-reactive ketones (excluding diaryl/α,β-unsaturated/α-hetero) is 1. The van der Waals surface area contributed by atoms with E-state index in [2.05, 4.69) is 0 Å². The molecule has 2 aliphatic rings. The van der Waals surface area contributed by atoms with Crippen molar-refractivity contribution in [1.82, 2.24) is 0 Å². The third kappa shape index (κ3) is 5.12. The maximum Gasteiger partial charge on any atom is 0.416 e. The third-order valence-electron chi connectivity index (χ3n) is 6.50. The van der Waals surface area contributed by atoms with Gasteiger partial charge in [0.05, 0.1) is 25.5 Å². The lowest BCUT2D eigenvalue weighted by atomic mass is 9.97. The van der Waals surface area contributed by atoms with Crippen molar-refractivity contribution in [1.29, 1.82) is 0 Å². The van der Waals surface area contributed by atoms with Gasteiger partial charge in [0.25, 0.3) is 0 Å². The summed E-state index contributed by atoms with van der Waals surface area (Å²) in [6.45, 7) is 5.92. The maximum absolute atomic E-state index is 12.8. The highest BCUT2D eigenvalue weighted by Gasteiger charge is 2.38. The van der Waals surface area contributed by atoms with Crippen molar-refractivity contribution in [2.24, 2.45) is 0 Å². The van der Waals surface area contributed by atoms with Crippen LogP contribution in [0.1, 0.15) is 71.6 Å². The number of hydrogen-bond donors (Lipinski definition) is 0. The number of nitrogens with zero attached hydrogens (tertiary/aromatic N) is 1. The molecular formula is C25H30F3NO5S. The Balaban J connectivity index is 0.000000198. The van der Waals surface area contributed by atoms with Crippen molar-refractivity contribution in [2.45, 2.75) is 51.6 Å². The first-order valence-electron chi connectivity index (χ1n) is 11.2. The van der Waals surface area contributed by atoms with E-state index >= 15 is 0 Å². The van der Waals surface area contributed by atoms with Crippen LogP contribution in [0.2, 0.25) is 0 Å². The molecule has 1 heterocycles. The second-order valence-electron chi connectivity index (χ2n) is 9.06. The molecule has 0 radical (unpaired) electrons. The van der Waals surface area contributed by atoms with Crippen LogP contribution in [0.4, 0.5) is 18.9 Å². The summed E-state index contributed by atoms with van der Waals surface area (Å²) in [5, 5.41) is 0. The predicted molar refractivity (Wildman–Crippen MR) is 128 cm³/mol. The number of fused-ring (bicyclic) bond motifs is 2. The van der Waals surface area contributed by atoms with E-state index in [9.17, 15) is 26.4 Å². The molecule has 1 unspecified atom stereocenters. The van der Waals surface area contributed by atoms with E-state index in [0.717, 1.165) is 23.6 Å². The van der Waals surface area contributed by atoms with Crippen molar-refractivity contribution >= 4 is 21.5 Å². The van der Waals surface area contributed by atoms with Gasteiger partial charge in [-0.3, -0.25) is 9.10 Å². The van der Waals surface area contributed by atoms with Crippen LogP contribution in [-0.4, -0.2) is 41.2 Å². The fourth-order valence-corrected chi connectivity index (χ4v) is 5.72. The summed E-state index contributed by atoms with van der Waals surface area (Å²) in [4.78, 5) is 11.9. The van der Waals surface area contributed by atoms with E-state index in [4.69, 9.17) is 9.47 Å². The molecule has 0 fully saturated rings. The second kappa shape index (κ2) is 9.72. The number of halogens is 3. The lowest BCUT2D eigenvalue weighted by Crippen LogP contribution is -2.38. The molecule has 0 amide bonds. The van der Waals surface area contributed by atoms with Gasteiger partial charge in [0.1, 0.15) is 17.3 Å². The molecule has 10 heteroatoms. The van der Waals surface area contributed by atoms with Crippen molar-refractivity contribution < 1.29 is 35.9 Å². The van der Waals surface area contributed by atoms with Gasteiger partial charge in [0.15, 0.2) is 5.78 Å². The number of ketones is 1. The van der Waals surface area contributed by atoms with Crippen LogP contribution >= 0.6 is 0 Å². The normalized spacial score (nSPS) is 18.5. The number of anilines is 1. The number of alkyl halides is 3. The summed E-state index contributed by atoms with van der Waals surface area (Å²) in [6.07, 6.45) is -3.01. The summed E-state index contributed by atoms with van der Waals surface area (Å²) in [5.74, 6) is 0.644. The van der Waals surface area contributed by atoms with Crippen molar-refractivity contribution in [3.63, 3.8) is 0 Å². The third-order valence-corrected chi connectivity index (χ3v) is 8.16. The number of hydrogen-bond acceptors (Lipinski definition) is 5. The monoisotopic (exact) mass is 513 g/mol. The van der Waals surface area contributed by atoms with Crippen LogP contribution in [0.15, 0.2) is 24.3 Å². The van der Waals surface area contributed by atoms with Crippen LogP contribution in [-0.2, 0) is 22.6 Å². The molecule has 0 saturated carbocycles. The molecule has 35 heavy (non-hydrogen) atoms. The van der Waals surface area contributed by atoms with Gasteiger partial charge < -0.3 is 9.47 Å². The topological polar surface area (TPSA) is 72.9 Å². The van der Waals surface area contributed by atoms with E-state index in [1.807, 2.05) is 20.8 Å². The Bertz CT molecular complexity index is 1240. The zero-order valence-corrected chi connectivity index (χ0v) is 21.4. The molecule has 0 N–H and O–H groups in total. The number of carbonyl (C=O) groups is 1. The fraction of sp³-hybridized carbons (Fsp3) is 0.480. The second-order valence-corrected chi connectivity index (χ2v) is 11.1. The summed E-state index contributed by atoms with van der Waals surface area (Å²) in [7, 11) is 0.963. The lowest BCUT2D eigenvalue weighted by molar-refractivity contribution is -0.138. The summed E-state index contributed by atoms with van der Waals surface area (Å²) < 4.78 is 73.6. The molecule has 4 rings (SSSR count). The van der Waals surface area contributed by atoms with Crippen LogP contribution in [0, 0.1) is 0 Å². The minimum atomic E-state index is -4.26. The quantitative estimate of drug-likeness (QED) is 0.539. The molecule has 0 spiro atoms. The number of methoxy groups -OCH3 is 2. The molecular weight excluding hydrogens is 483 g/mol. The lowest BCUT2D eigenvalue weighted by Gasteiger charge is -2.28. The Morgan fingerprint density at radius 2 is 1.71 bits per heavy atom. The number of ether oxygens (including phenoxy) is 2. The molecule has 1 aliphatic carbocycles. The Labute approximate surface area is 204 Å². The van der Waals surface area contributed by atoms with Crippen LogP contribution < -0.4 is 13.8 Å². The van der Waals surface area contributed by atoms with Gasteiger partial charge in [-0.25, -0.2) is 8.42 Å². The Kier molecular flexibility index (Phi) is 7.45. The molecule has 192 valence electrons. The van der Waals surface area contributed by atoms with Crippen molar-refractivity contribution in [3.05, 3.63) is 52.1 Å². The van der Waals surface area contributed by atoms with E-state index in [1.165, 1.54) is 24.5 Å². The highest BCUT2D eigenvalue weighted by atomic mass is 32.2. The largest absolute Gasteiger partial charge is 0.496 e. The maximum atomic E-state index is 12.8. The average molecular weight is 514 g/mol. The molecule has 1 aliphatic heterocycles. The minimum absolute atomic E-state index is 0.146. The number of rotatable bonds is 3. The molecule has 6 nitrogen and oxygen atoms in total. The predicted octanol–water partition coefficient (Wildman–Crippen LogP) is 5.54. The van der Waals surface area contributed by atoms with Crippen LogP contribution in [0.25, 0.3) is 0 Å². The first-order valence-corrected chi connectivity index (χ1v) is 12.8. The Morgan fingerprint density at radius 1 is 1.09 bits per heavy atom. The standard InChI is InChI=1S/C13H17NO4S.C12H13F3O/c1-8(2)9-5-11-10(6-13(9)18-4)12(15)7-19(16,17)14(11)3;1-7-3-4-8-9(12(13,14)15)5-6-10(16-2)11(7)8/h5-6,8H,7H2,1-4H3;5-7H,3-4H2,1-2H3. The highest BCUT2D eigenvalue weighted by molar-refractivity contribution is 7.93. The smallest absolute Gasteiger partial charge is 0.416 e. The number of sulfonamides is 1. The van der Waals surface area contributed by atoms with Crippen molar-refractivity contribution in [3.8, 4) is 11.5 Å². The van der Waals surface area contributed by atoms with E-state index in [1.54, 1.807) is 19.2 Å². The molecule has 0 saturated heterocycles. The van der Waals surface area contributed by atoms with Gasteiger partial charge in [-0.05, 0) is 60.1 Å². The van der Waals surface area contributed by atoms with Gasteiger partial charge in [-0.2, -0.15) is 13.2 Å². The van der Waals surface area contributed by atoms with Gasteiger partial charge in [0, 0.05) is 18.2 Å². The SMILES string of the molecule is COc1cc2c(cc1C(C)C)N(C)S(=O)(=O)CC2=O.COc1ccc(C(F)(F)F)c2c1C(C)CC2. The zero-order valence-electron chi connectivity index (χ0n) is 20.6. The fourth-order valence-electron chi connectivity index (χ4n) is 4.59. The first-order chi connectivity index (χ1) is 16.2. The number of carbonyl (C=O) groups excluding carboxylic acids is 1. The average Bonchev–Trinajstić information content (AvgIpc) is 3.17. The molecule has 2 aromatic rings. The van der Waals surface area contributed by atoms with Crippen LogP contribution in [0.5, 0.6) is 11.5 Å². The first kappa shape index (κ1) is 26.8.